The molecule has 0 aliphatic carbocycles. The summed E-state index contributed by atoms with van der Waals surface area (Å²) in [5.74, 6) is -0.0694. The van der Waals surface area contributed by atoms with Crippen molar-refractivity contribution in [1.82, 2.24) is 0 Å². The van der Waals surface area contributed by atoms with Gasteiger partial charge in [0.15, 0.2) is 0 Å². The molecule has 0 bridgehead atoms. The highest BCUT2D eigenvalue weighted by Crippen LogP contribution is 2.32. The quantitative estimate of drug-likeness (QED) is 0.927. The fourth-order valence-electron chi connectivity index (χ4n) is 1.68. The highest BCUT2D eigenvalue weighted by atomic mass is 32.2. The Morgan fingerprint density at radius 2 is 2.12 bits per heavy atom. The summed E-state index contributed by atoms with van der Waals surface area (Å²) in [6.07, 6.45) is 0. The minimum atomic E-state index is -0.996. The van der Waals surface area contributed by atoms with Crippen molar-refractivity contribution >= 4 is 38.2 Å². The molecule has 1 aromatic carbocycles. The van der Waals surface area contributed by atoms with Crippen LogP contribution in [0.3, 0.4) is 0 Å². The zero-order valence-electron chi connectivity index (χ0n) is 9.30. The number of carboxylic acids is 1. The number of aromatic carboxylic acids is 1. The van der Waals surface area contributed by atoms with Crippen LogP contribution in [0.1, 0.15) is 22.2 Å². The van der Waals surface area contributed by atoms with E-state index in [1.807, 2.05) is 31.2 Å². The molecule has 0 spiro atoms. The first kappa shape index (κ1) is 12.3. The lowest BCUT2D eigenvalue weighted by Gasteiger charge is -2.00. The van der Waals surface area contributed by atoms with Gasteiger partial charge in [0.2, 0.25) is 0 Å². The minimum absolute atomic E-state index is 0.313. The van der Waals surface area contributed by atoms with E-state index in [0.717, 1.165) is 10.1 Å². The molecular formula is C12H12O3S2. The number of thiophene rings is 1. The van der Waals surface area contributed by atoms with Gasteiger partial charge in [-0.1, -0.05) is 25.1 Å². The van der Waals surface area contributed by atoms with Gasteiger partial charge in [-0.05, 0) is 17.0 Å². The van der Waals surface area contributed by atoms with Gasteiger partial charge >= 0.3 is 5.97 Å². The van der Waals surface area contributed by atoms with Gasteiger partial charge in [0, 0.05) is 21.3 Å². The second-order valence-corrected chi connectivity index (χ2v) is 6.38. The Morgan fingerprint density at radius 1 is 1.41 bits per heavy atom. The average molecular weight is 268 g/mol. The molecule has 0 saturated heterocycles. The van der Waals surface area contributed by atoms with Crippen LogP contribution in [0.4, 0.5) is 0 Å². The number of rotatable bonds is 4. The van der Waals surface area contributed by atoms with Crippen LogP contribution < -0.4 is 0 Å². The molecule has 2 rings (SSSR count). The third-order valence-electron chi connectivity index (χ3n) is 2.52. The molecular weight excluding hydrogens is 256 g/mol. The summed E-state index contributed by atoms with van der Waals surface area (Å²) in [6, 6.07) is 7.54. The van der Waals surface area contributed by atoms with E-state index in [4.69, 9.17) is 5.11 Å². The van der Waals surface area contributed by atoms with Crippen LogP contribution in [-0.2, 0) is 16.6 Å². The molecule has 5 heteroatoms. The van der Waals surface area contributed by atoms with Crippen LogP contribution in [0, 0.1) is 0 Å². The average Bonchev–Trinajstić information content (AvgIpc) is 2.68. The zero-order valence-corrected chi connectivity index (χ0v) is 10.9. The van der Waals surface area contributed by atoms with E-state index in [0.29, 0.717) is 21.9 Å². The lowest BCUT2D eigenvalue weighted by atomic mass is 10.1. The van der Waals surface area contributed by atoms with Crippen LogP contribution in [-0.4, -0.2) is 21.0 Å². The van der Waals surface area contributed by atoms with Crippen molar-refractivity contribution in [3.05, 3.63) is 34.7 Å². The predicted octanol–water partition coefficient (Wildman–Crippen LogP) is 2.87. The van der Waals surface area contributed by atoms with Gasteiger partial charge in [0.1, 0.15) is 4.88 Å². The van der Waals surface area contributed by atoms with E-state index in [1.165, 1.54) is 11.3 Å². The van der Waals surface area contributed by atoms with Crippen molar-refractivity contribution in [3.63, 3.8) is 0 Å². The second kappa shape index (κ2) is 4.98. The van der Waals surface area contributed by atoms with Gasteiger partial charge in [-0.2, -0.15) is 0 Å². The monoisotopic (exact) mass is 268 g/mol. The molecule has 0 radical (unpaired) electrons. The van der Waals surface area contributed by atoms with Crippen LogP contribution in [0.5, 0.6) is 0 Å². The van der Waals surface area contributed by atoms with Gasteiger partial charge in [-0.15, -0.1) is 11.3 Å². The Balaban J connectivity index is 2.59. The van der Waals surface area contributed by atoms with Gasteiger partial charge in [0.25, 0.3) is 0 Å². The Kier molecular flexibility index (Phi) is 3.59. The van der Waals surface area contributed by atoms with E-state index in [9.17, 15) is 9.00 Å². The summed E-state index contributed by atoms with van der Waals surface area (Å²) in [7, 11) is -0.996. The second-order valence-electron chi connectivity index (χ2n) is 3.58. The molecule has 90 valence electrons. The highest BCUT2D eigenvalue weighted by molar-refractivity contribution is 7.84. The molecule has 1 atom stereocenters. The molecule has 0 saturated carbocycles. The molecule has 17 heavy (non-hydrogen) atoms. The molecule has 0 aliphatic rings. The van der Waals surface area contributed by atoms with Gasteiger partial charge in [-0.3, -0.25) is 4.21 Å². The zero-order chi connectivity index (χ0) is 12.4. The topological polar surface area (TPSA) is 54.4 Å². The number of hydrogen-bond acceptors (Lipinski definition) is 3. The smallest absolute Gasteiger partial charge is 0.346 e. The molecule has 1 unspecified atom stereocenters. The van der Waals surface area contributed by atoms with Crippen LogP contribution >= 0.6 is 11.3 Å². The standard InChI is InChI=1S/C12H12O3S2/c1-2-17(15)7-9-8-5-3-4-6-10(8)16-11(9)12(13)14/h3-6H,2,7H2,1H3,(H,13,14). The van der Waals surface area contributed by atoms with Crippen LogP contribution in [0.2, 0.25) is 0 Å². The number of benzene rings is 1. The Labute approximate surface area is 106 Å². The minimum Gasteiger partial charge on any atom is -0.477 e. The Morgan fingerprint density at radius 3 is 2.76 bits per heavy atom. The Bertz CT molecular complexity index is 586. The van der Waals surface area contributed by atoms with Crippen molar-refractivity contribution in [2.45, 2.75) is 12.7 Å². The lowest BCUT2D eigenvalue weighted by Crippen LogP contribution is -2.03. The third kappa shape index (κ3) is 2.40. The molecule has 3 nitrogen and oxygen atoms in total. The summed E-state index contributed by atoms with van der Waals surface area (Å²) in [5, 5.41) is 10.1. The normalized spacial score (nSPS) is 12.8. The van der Waals surface area contributed by atoms with Crippen molar-refractivity contribution < 1.29 is 14.1 Å². The maximum Gasteiger partial charge on any atom is 0.346 e. The summed E-state index contributed by atoms with van der Waals surface area (Å²) >= 11 is 1.25. The maximum atomic E-state index is 11.6. The van der Waals surface area contributed by atoms with E-state index in [1.54, 1.807) is 0 Å². The maximum absolute atomic E-state index is 11.6. The fraction of sp³-hybridized carbons (Fsp3) is 0.250. The summed E-state index contributed by atoms with van der Waals surface area (Å²) in [5.41, 5.74) is 0.707. The first-order valence-corrected chi connectivity index (χ1v) is 7.52. The first-order valence-electron chi connectivity index (χ1n) is 5.22. The largest absolute Gasteiger partial charge is 0.477 e. The first-order chi connectivity index (χ1) is 8.13. The van der Waals surface area contributed by atoms with Crippen molar-refractivity contribution in [2.24, 2.45) is 0 Å². The lowest BCUT2D eigenvalue weighted by molar-refractivity contribution is 0.0701. The molecule has 1 N–H and O–H groups in total. The number of carboxylic acid groups (broad SMARTS) is 1. The number of fused-ring (bicyclic) bond motifs is 1. The number of hydrogen-bond donors (Lipinski definition) is 1. The summed E-state index contributed by atoms with van der Waals surface area (Å²) in [4.78, 5) is 11.5. The number of carbonyl (C=O) groups is 1. The SMILES string of the molecule is CCS(=O)Cc1c(C(=O)O)sc2ccccc12. The summed E-state index contributed by atoms with van der Waals surface area (Å²) in [6.45, 7) is 1.84. The molecule has 1 heterocycles. The van der Waals surface area contributed by atoms with E-state index >= 15 is 0 Å². The van der Waals surface area contributed by atoms with E-state index in [-0.39, 0.29) is 0 Å². The van der Waals surface area contributed by atoms with Crippen molar-refractivity contribution in [1.29, 1.82) is 0 Å². The van der Waals surface area contributed by atoms with Crippen molar-refractivity contribution in [3.8, 4) is 0 Å². The van der Waals surface area contributed by atoms with E-state index < -0.39 is 16.8 Å². The molecule has 1 aromatic heterocycles. The van der Waals surface area contributed by atoms with Gasteiger partial charge < -0.3 is 5.11 Å². The molecule has 0 aliphatic heterocycles. The van der Waals surface area contributed by atoms with Crippen LogP contribution in [0.15, 0.2) is 24.3 Å². The highest BCUT2D eigenvalue weighted by Gasteiger charge is 2.18. The van der Waals surface area contributed by atoms with Gasteiger partial charge in [-0.25, -0.2) is 4.79 Å². The van der Waals surface area contributed by atoms with Crippen LogP contribution in [0.25, 0.3) is 10.1 Å². The van der Waals surface area contributed by atoms with E-state index in [2.05, 4.69) is 0 Å². The third-order valence-corrected chi connectivity index (χ3v) is 4.98. The fourth-order valence-corrected chi connectivity index (χ4v) is 3.66. The molecule has 0 amide bonds. The molecule has 0 fully saturated rings. The van der Waals surface area contributed by atoms with Gasteiger partial charge in [0.05, 0.1) is 5.75 Å². The molecule has 2 aromatic rings. The Hall–Kier alpha value is -1.20. The summed E-state index contributed by atoms with van der Waals surface area (Å²) < 4.78 is 12.6. The van der Waals surface area contributed by atoms with Crippen molar-refractivity contribution in [2.75, 3.05) is 5.75 Å². The predicted molar refractivity (Wildman–Crippen MR) is 71.2 cm³/mol.